The Morgan fingerprint density at radius 2 is 1.17 bits per heavy atom. The highest BCUT2D eigenvalue weighted by Gasteiger charge is 2.54. The van der Waals surface area contributed by atoms with Crippen molar-refractivity contribution in [1.29, 1.82) is 0 Å². The van der Waals surface area contributed by atoms with Crippen LogP contribution in [0, 0.1) is 0 Å². The molecule has 2 aromatic carbocycles. The van der Waals surface area contributed by atoms with Gasteiger partial charge in [0, 0.05) is 6.07 Å². The van der Waals surface area contributed by atoms with Gasteiger partial charge in [-0.25, -0.2) is 0 Å². The molecule has 0 aliphatic rings. The topological polar surface area (TPSA) is 53.7 Å². The molecule has 130 valence electrons. The summed E-state index contributed by atoms with van der Waals surface area (Å²) in [4.78, 5) is 0. The number of hydrogen-bond acceptors (Lipinski definition) is 4. The molecule has 0 aliphatic carbocycles. The van der Waals surface area contributed by atoms with Crippen molar-refractivity contribution < 1.29 is 27.4 Å². The van der Waals surface area contributed by atoms with Gasteiger partial charge < -0.3 is 19.9 Å². The number of methoxy groups -OCH3 is 3. The Labute approximate surface area is 137 Å². The van der Waals surface area contributed by atoms with Crippen molar-refractivity contribution in [3.8, 4) is 17.2 Å². The lowest BCUT2D eigenvalue weighted by atomic mass is 9.82. The molecular formula is C17H18F3NO3. The van der Waals surface area contributed by atoms with Crippen LogP contribution in [0.2, 0.25) is 0 Å². The summed E-state index contributed by atoms with van der Waals surface area (Å²) in [6.45, 7) is 0. The van der Waals surface area contributed by atoms with Crippen molar-refractivity contribution in [2.45, 2.75) is 11.7 Å². The second-order valence-corrected chi connectivity index (χ2v) is 5.14. The van der Waals surface area contributed by atoms with Gasteiger partial charge in [0.2, 0.25) is 0 Å². The Hall–Kier alpha value is -2.41. The standard InChI is InChI=1S/C17H18F3NO3/c1-22-13-6-4-11(5-7-13)16(21,17(18,19)20)12-8-14(23-2)10-15(9-12)24-3/h4-10H,21H2,1-3H3/t16-/m0/s1. The van der Waals surface area contributed by atoms with Gasteiger partial charge in [0.15, 0.2) is 5.54 Å². The second kappa shape index (κ2) is 6.60. The number of nitrogens with two attached hydrogens (primary N) is 1. The average molecular weight is 341 g/mol. The lowest BCUT2D eigenvalue weighted by Gasteiger charge is -2.33. The molecule has 0 saturated heterocycles. The predicted molar refractivity (Wildman–Crippen MR) is 83.6 cm³/mol. The number of benzene rings is 2. The Morgan fingerprint density at radius 3 is 1.54 bits per heavy atom. The maximum absolute atomic E-state index is 13.9. The van der Waals surface area contributed by atoms with Crippen LogP contribution in [0.4, 0.5) is 13.2 Å². The highest BCUT2D eigenvalue weighted by atomic mass is 19.4. The van der Waals surface area contributed by atoms with Crippen LogP contribution in [0.3, 0.4) is 0 Å². The van der Waals surface area contributed by atoms with Crippen molar-refractivity contribution in [2.24, 2.45) is 5.73 Å². The third kappa shape index (κ3) is 3.12. The van der Waals surface area contributed by atoms with Crippen LogP contribution < -0.4 is 19.9 Å². The molecule has 2 rings (SSSR count). The highest BCUT2D eigenvalue weighted by Crippen LogP contribution is 2.44. The summed E-state index contributed by atoms with van der Waals surface area (Å²) in [6.07, 6.45) is -4.74. The van der Waals surface area contributed by atoms with E-state index in [-0.39, 0.29) is 22.6 Å². The molecule has 0 aromatic heterocycles. The normalized spacial score (nSPS) is 14.0. The molecule has 0 spiro atoms. The van der Waals surface area contributed by atoms with Gasteiger partial charge in [-0.15, -0.1) is 0 Å². The van der Waals surface area contributed by atoms with Crippen molar-refractivity contribution in [3.05, 3.63) is 53.6 Å². The number of ether oxygens (including phenoxy) is 3. The van der Waals surface area contributed by atoms with Crippen LogP contribution >= 0.6 is 0 Å². The maximum atomic E-state index is 13.9. The molecule has 0 fully saturated rings. The first-order chi connectivity index (χ1) is 11.3. The zero-order chi connectivity index (χ0) is 18.0. The first kappa shape index (κ1) is 17.9. The van der Waals surface area contributed by atoms with E-state index in [1.54, 1.807) is 0 Å². The minimum Gasteiger partial charge on any atom is -0.497 e. The van der Waals surface area contributed by atoms with E-state index >= 15 is 0 Å². The van der Waals surface area contributed by atoms with Crippen LogP contribution in [0.25, 0.3) is 0 Å². The monoisotopic (exact) mass is 341 g/mol. The van der Waals surface area contributed by atoms with E-state index in [0.717, 1.165) is 0 Å². The zero-order valence-electron chi connectivity index (χ0n) is 13.5. The van der Waals surface area contributed by atoms with Crippen LogP contribution in [0.1, 0.15) is 11.1 Å². The fourth-order valence-electron chi connectivity index (χ4n) is 2.38. The SMILES string of the molecule is COc1ccc([C@](N)(c2cc(OC)cc(OC)c2)C(F)(F)F)cc1. The number of alkyl halides is 3. The van der Waals surface area contributed by atoms with E-state index in [1.807, 2.05) is 0 Å². The third-order valence-corrected chi connectivity index (χ3v) is 3.80. The summed E-state index contributed by atoms with van der Waals surface area (Å²) >= 11 is 0. The van der Waals surface area contributed by atoms with Gasteiger partial charge in [-0.1, -0.05) is 12.1 Å². The number of halogens is 3. The molecule has 2 aromatic rings. The van der Waals surface area contributed by atoms with E-state index in [9.17, 15) is 13.2 Å². The molecule has 0 bridgehead atoms. The summed E-state index contributed by atoms with van der Waals surface area (Å²) in [5.41, 5.74) is 2.86. The summed E-state index contributed by atoms with van der Waals surface area (Å²) in [6, 6.07) is 9.42. The Balaban J connectivity index is 2.68. The summed E-state index contributed by atoms with van der Waals surface area (Å²) in [5.74, 6) is 0.875. The Bertz CT molecular complexity index is 679. The fourth-order valence-corrected chi connectivity index (χ4v) is 2.38. The van der Waals surface area contributed by atoms with Gasteiger partial charge in [0.1, 0.15) is 17.2 Å². The van der Waals surface area contributed by atoms with Gasteiger partial charge in [-0.3, -0.25) is 0 Å². The molecule has 0 radical (unpaired) electrons. The Kier molecular flexibility index (Phi) is 4.94. The lowest BCUT2D eigenvalue weighted by Crippen LogP contribution is -2.51. The number of rotatable bonds is 5. The summed E-state index contributed by atoms with van der Waals surface area (Å²) in [5, 5.41) is 0. The van der Waals surface area contributed by atoms with Crippen LogP contribution in [0.5, 0.6) is 17.2 Å². The van der Waals surface area contributed by atoms with Crippen molar-refractivity contribution in [3.63, 3.8) is 0 Å². The molecule has 24 heavy (non-hydrogen) atoms. The maximum Gasteiger partial charge on any atom is 0.414 e. The van der Waals surface area contributed by atoms with E-state index in [1.165, 1.54) is 63.8 Å². The zero-order valence-corrected chi connectivity index (χ0v) is 13.5. The number of hydrogen-bond donors (Lipinski definition) is 1. The van der Waals surface area contributed by atoms with E-state index in [4.69, 9.17) is 19.9 Å². The third-order valence-electron chi connectivity index (χ3n) is 3.80. The van der Waals surface area contributed by atoms with Crippen LogP contribution in [-0.2, 0) is 5.54 Å². The Morgan fingerprint density at radius 1 is 0.708 bits per heavy atom. The van der Waals surface area contributed by atoms with E-state index in [0.29, 0.717) is 5.75 Å². The fraction of sp³-hybridized carbons (Fsp3) is 0.294. The minimum atomic E-state index is -4.74. The van der Waals surface area contributed by atoms with Gasteiger partial charge >= 0.3 is 6.18 Å². The molecule has 0 saturated carbocycles. The van der Waals surface area contributed by atoms with Gasteiger partial charge in [-0.05, 0) is 35.4 Å². The van der Waals surface area contributed by atoms with Crippen molar-refractivity contribution in [1.82, 2.24) is 0 Å². The predicted octanol–water partition coefficient (Wildman–Crippen LogP) is 3.48. The molecule has 0 unspecified atom stereocenters. The van der Waals surface area contributed by atoms with Gasteiger partial charge in [0.05, 0.1) is 21.3 Å². The van der Waals surface area contributed by atoms with Crippen LogP contribution in [0.15, 0.2) is 42.5 Å². The molecule has 0 aliphatic heterocycles. The molecule has 1 atom stereocenters. The molecule has 0 amide bonds. The smallest absolute Gasteiger partial charge is 0.414 e. The average Bonchev–Trinajstić information content (AvgIpc) is 2.59. The van der Waals surface area contributed by atoms with Gasteiger partial charge in [-0.2, -0.15) is 13.2 Å². The largest absolute Gasteiger partial charge is 0.497 e. The van der Waals surface area contributed by atoms with E-state index in [2.05, 4.69) is 0 Å². The first-order valence-electron chi connectivity index (χ1n) is 7.00. The van der Waals surface area contributed by atoms with Crippen molar-refractivity contribution in [2.75, 3.05) is 21.3 Å². The van der Waals surface area contributed by atoms with Gasteiger partial charge in [0.25, 0.3) is 0 Å². The summed E-state index contributed by atoms with van der Waals surface area (Å²) < 4.78 is 56.8. The van der Waals surface area contributed by atoms with Crippen molar-refractivity contribution >= 4 is 0 Å². The quantitative estimate of drug-likeness (QED) is 0.905. The molecule has 4 nitrogen and oxygen atoms in total. The lowest BCUT2D eigenvalue weighted by molar-refractivity contribution is -0.176. The molecule has 7 heteroatoms. The highest BCUT2D eigenvalue weighted by molar-refractivity contribution is 5.48. The molecule has 0 heterocycles. The second-order valence-electron chi connectivity index (χ2n) is 5.14. The molecule has 2 N–H and O–H groups in total. The minimum absolute atomic E-state index is 0.119. The van der Waals surface area contributed by atoms with Crippen LogP contribution in [-0.4, -0.2) is 27.5 Å². The molecular weight excluding hydrogens is 323 g/mol. The summed E-state index contributed by atoms with van der Waals surface area (Å²) in [7, 11) is 4.15. The van der Waals surface area contributed by atoms with E-state index < -0.39 is 11.7 Å². The first-order valence-corrected chi connectivity index (χ1v) is 7.00.